The van der Waals surface area contributed by atoms with Crippen molar-refractivity contribution >= 4 is 27.4 Å². The number of rotatable bonds is 4. The van der Waals surface area contributed by atoms with Crippen LogP contribution in [0.2, 0.25) is 0 Å². The van der Waals surface area contributed by atoms with E-state index >= 15 is 0 Å². The van der Waals surface area contributed by atoms with Crippen LogP contribution in [0.5, 0.6) is 0 Å². The van der Waals surface area contributed by atoms with Crippen LogP contribution in [0.3, 0.4) is 0 Å². The summed E-state index contributed by atoms with van der Waals surface area (Å²) >= 11 is 0. The van der Waals surface area contributed by atoms with Gasteiger partial charge in [0.1, 0.15) is 28.6 Å². The van der Waals surface area contributed by atoms with Crippen LogP contribution in [0.1, 0.15) is 12.5 Å². The third-order valence-electron chi connectivity index (χ3n) is 6.04. The standard InChI is InChI=1S/C25H21FN4O3S/c1-16-6-5-13-29-23(16)28-24-20(25(29)31)14-21(34(32,33)19-7-3-2-4-8-19)22(27)30(24)15-17-9-11-18(26)12-10-17/h2-14,20,24,27H,15H2,1H3. The van der Waals surface area contributed by atoms with Crippen molar-refractivity contribution < 1.29 is 17.6 Å². The van der Waals surface area contributed by atoms with Crippen LogP contribution in [0, 0.1) is 17.1 Å². The van der Waals surface area contributed by atoms with Gasteiger partial charge >= 0.3 is 0 Å². The van der Waals surface area contributed by atoms with Crippen LogP contribution in [0.4, 0.5) is 4.39 Å². The first kappa shape index (κ1) is 22.0. The Morgan fingerprint density at radius 2 is 1.79 bits per heavy atom. The molecule has 1 N–H and O–H groups in total. The van der Waals surface area contributed by atoms with E-state index in [1.807, 2.05) is 13.0 Å². The first-order valence-corrected chi connectivity index (χ1v) is 12.1. The number of carbonyl (C=O) groups excluding carboxylic acids is 1. The maximum atomic E-state index is 13.5. The number of nitrogens with zero attached hydrogens (tertiary/aromatic N) is 3. The Balaban J connectivity index is 1.65. The third-order valence-corrected chi connectivity index (χ3v) is 7.84. The van der Waals surface area contributed by atoms with E-state index in [2.05, 4.69) is 0 Å². The lowest BCUT2D eigenvalue weighted by atomic mass is 9.94. The van der Waals surface area contributed by atoms with Gasteiger partial charge in [-0.15, -0.1) is 0 Å². The molecule has 3 aliphatic heterocycles. The smallest absolute Gasteiger partial charge is 0.243 e. The molecule has 5 rings (SSSR count). The van der Waals surface area contributed by atoms with Crippen LogP contribution >= 0.6 is 0 Å². The summed E-state index contributed by atoms with van der Waals surface area (Å²) in [4.78, 5) is 21.0. The van der Waals surface area contributed by atoms with Crippen LogP contribution in [-0.2, 0) is 21.2 Å². The minimum Gasteiger partial charge on any atom is -0.328 e. The average Bonchev–Trinajstić information content (AvgIpc) is 2.83. The Morgan fingerprint density at radius 1 is 1.09 bits per heavy atom. The number of nitrogens with one attached hydrogen (secondary N) is 1. The summed E-state index contributed by atoms with van der Waals surface area (Å²) in [5.41, 5.74) is 1.45. The van der Waals surface area contributed by atoms with Crippen molar-refractivity contribution in [1.82, 2.24) is 9.80 Å². The summed E-state index contributed by atoms with van der Waals surface area (Å²) in [6.07, 6.45) is 5.72. The van der Waals surface area contributed by atoms with E-state index in [1.165, 1.54) is 40.1 Å². The number of benzene rings is 2. The van der Waals surface area contributed by atoms with Gasteiger partial charge in [0.2, 0.25) is 15.7 Å². The maximum absolute atomic E-state index is 13.5. The average molecular weight is 477 g/mol. The zero-order chi connectivity index (χ0) is 24.0. The summed E-state index contributed by atoms with van der Waals surface area (Å²) in [6, 6.07) is 13.6. The molecule has 1 amide bonds. The van der Waals surface area contributed by atoms with Gasteiger partial charge in [0, 0.05) is 12.7 Å². The molecule has 0 saturated heterocycles. The summed E-state index contributed by atoms with van der Waals surface area (Å²) in [7, 11) is -4.07. The number of amides is 1. The summed E-state index contributed by atoms with van der Waals surface area (Å²) in [5.74, 6) is -1.43. The van der Waals surface area contributed by atoms with Gasteiger partial charge in [-0.25, -0.2) is 17.8 Å². The van der Waals surface area contributed by atoms with Crippen molar-refractivity contribution in [2.45, 2.75) is 24.5 Å². The van der Waals surface area contributed by atoms with Crippen molar-refractivity contribution in [1.29, 1.82) is 5.41 Å². The molecule has 9 heteroatoms. The Labute approximate surface area is 196 Å². The molecule has 34 heavy (non-hydrogen) atoms. The molecule has 2 unspecified atom stereocenters. The van der Waals surface area contributed by atoms with Gasteiger partial charge in [0.15, 0.2) is 0 Å². The van der Waals surface area contributed by atoms with E-state index in [0.29, 0.717) is 11.4 Å². The Bertz CT molecular complexity index is 1410. The fourth-order valence-electron chi connectivity index (χ4n) is 4.28. The molecule has 0 saturated carbocycles. The number of amidine groups is 2. The Morgan fingerprint density at radius 3 is 2.50 bits per heavy atom. The lowest BCUT2D eigenvalue weighted by Gasteiger charge is -2.44. The van der Waals surface area contributed by atoms with Crippen molar-refractivity contribution in [3.05, 3.63) is 101 Å². The van der Waals surface area contributed by atoms with E-state index in [9.17, 15) is 17.6 Å². The monoisotopic (exact) mass is 476 g/mol. The second-order valence-corrected chi connectivity index (χ2v) is 10.2. The van der Waals surface area contributed by atoms with E-state index in [0.717, 1.165) is 5.57 Å². The number of carbonyl (C=O) groups is 1. The van der Waals surface area contributed by atoms with Gasteiger partial charge in [-0.2, -0.15) is 0 Å². The number of hydrogen-bond acceptors (Lipinski definition) is 5. The van der Waals surface area contributed by atoms with E-state index < -0.39 is 27.7 Å². The number of sulfone groups is 1. The van der Waals surface area contributed by atoms with Gasteiger partial charge in [-0.3, -0.25) is 15.1 Å². The van der Waals surface area contributed by atoms with E-state index in [-0.39, 0.29) is 28.1 Å². The number of allylic oxidation sites excluding steroid dienone is 2. The van der Waals surface area contributed by atoms with Crippen LogP contribution in [0.15, 0.2) is 99.4 Å². The van der Waals surface area contributed by atoms with Gasteiger partial charge < -0.3 is 4.90 Å². The Kier molecular flexibility index (Phi) is 5.28. The molecule has 3 aliphatic rings. The fourth-order valence-corrected chi connectivity index (χ4v) is 5.75. The predicted molar refractivity (Wildman–Crippen MR) is 126 cm³/mol. The molecule has 2 aromatic rings. The number of fused-ring (bicyclic) bond motifs is 2. The lowest BCUT2D eigenvalue weighted by Crippen LogP contribution is -2.56. The molecule has 172 valence electrons. The zero-order valence-electron chi connectivity index (χ0n) is 18.2. The highest BCUT2D eigenvalue weighted by atomic mass is 32.2. The van der Waals surface area contributed by atoms with E-state index in [1.54, 1.807) is 42.6 Å². The number of halogens is 1. The molecule has 0 spiro atoms. The van der Waals surface area contributed by atoms with Crippen molar-refractivity contribution in [2.24, 2.45) is 10.9 Å². The van der Waals surface area contributed by atoms with E-state index in [4.69, 9.17) is 10.4 Å². The highest BCUT2D eigenvalue weighted by Crippen LogP contribution is 2.36. The first-order chi connectivity index (χ1) is 16.3. The summed E-state index contributed by atoms with van der Waals surface area (Å²) in [6.45, 7) is 1.92. The van der Waals surface area contributed by atoms with Crippen LogP contribution in [0.25, 0.3) is 0 Å². The van der Waals surface area contributed by atoms with Gasteiger partial charge in [0.25, 0.3) is 0 Å². The summed E-state index contributed by atoms with van der Waals surface area (Å²) < 4.78 is 40.4. The predicted octanol–water partition coefficient (Wildman–Crippen LogP) is 3.63. The molecule has 0 aromatic heterocycles. The van der Waals surface area contributed by atoms with Gasteiger partial charge in [-0.05, 0) is 54.5 Å². The molecule has 0 radical (unpaired) electrons. The molecule has 0 bridgehead atoms. The second-order valence-electron chi connectivity index (χ2n) is 8.24. The molecular weight excluding hydrogens is 455 g/mol. The molecular formula is C25H21FN4O3S. The largest absolute Gasteiger partial charge is 0.328 e. The van der Waals surface area contributed by atoms with Crippen molar-refractivity contribution in [3.63, 3.8) is 0 Å². The first-order valence-electron chi connectivity index (χ1n) is 10.7. The van der Waals surface area contributed by atoms with Crippen molar-refractivity contribution in [2.75, 3.05) is 0 Å². The minimum absolute atomic E-state index is 0.0373. The van der Waals surface area contributed by atoms with Crippen LogP contribution < -0.4 is 0 Å². The molecule has 7 nitrogen and oxygen atoms in total. The highest BCUT2D eigenvalue weighted by Gasteiger charge is 2.47. The molecule has 0 fully saturated rings. The van der Waals surface area contributed by atoms with Crippen LogP contribution in [-0.4, -0.2) is 42.0 Å². The molecule has 3 heterocycles. The van der Waals surface area contributed by atoms with Crippen molar-refractivity contribution in [3.8, 4) is 0 Å². The SMILES string of the molecule is CC1=CC=CN2C(=O)C3C=C(S(=O)(=O)c4ccccc4)C(=N)N(Cc4ccc(F)cc4)C3N=C12. The quantitative estimate of drug-likeness (QED) is 0.729. The maximum Gasteiger partial charge on any atom is 0.243 e. The second kappa shape index (κ2) is 8.18. The fraction of sp³-hybridized carbons (Fsp3) is 0.160. The molecule has 2 atom stereocenters. The molecule has 0 aliphatic carbocycles. The highest BCUT2D eigenvalue weighted by molar-refractivity contribution is 7.96. The lowest BCUT2D eigenvalue weighted by molar-refractivity contribution is -0.130. The Hall–Kier alpha value is -3.85. The minimum atomic E-state index is -4.07. The zero-order valence-corrected chi connectivity index (χ0v) is 19.0. The number of aliphatic imine (C=N–C) groups is 1. The number of hydrogen-bond donors (Lipinski definition) is 1. The molecule has 2 aromatic carbocycles. The summed E-state index contributed by atoms with van der Waals surface area (Å²) in [5, 5.41) is 8.85. The van der Waals surface area contributed by atoms with Gasteiger partial charge in [-0.1, -0.05) is 36.4 Å². The topological polar surface area (TPSA) is 93.9 Å². The normalized spacial score (nSPS) is 22.0. The van der Waals surface area contributed by atoms with Gasteiger partial charge in [0.05, 0.1) is 10.8 Å². The third kappa shape index (κ3) is 3.58.